The molecule has 1 aromatic heterocycles. The molecular formula is C11H11NO3S. The number of carbonyl (C=O) groups excluding carboxylic acids is 1. The lowest BCUT2D eigenvalue weighted by Crippen LogP contribution is -2.12. The van der Waals surface area contributed by atoms with Crippen molar-refractivity contribution in [3.63, 3.8) is 0 Å². The van der Waals surface area contributed by atoms with Crippen LogP contribution in [0.25, 0.3) is 10.1 Å². The van der Waals surface area contributed by atoms with Crippen molar-refractivity contribution in [2.45, 2.75) is 6.92 Å². The number of hydrogen-bond donors (Lipinski definition) is 2. The van der Waals surface area contributed by atoms with Crippen LogP contribution in [0.1, 0.15) is 6.92 Å². The number of benzene rings is 1. The second-order valence-corrected chi connectivity index (χ2v) is 4.09. The van der Waals surface area contributed by atoms with Gasteiger partial charge in [0.25, 0.3) is 0 Å². The molecule has 16 heavy (non-hydrogen) atoms. The number of ether oxygens (including phenoxy) is 1. The van der Waals surface area contributed by atoms with Crippen LogP contribution < -0.4 is 5.32 Å². The van der Waals surface area contributed by atoms with Crippen LogP contribution in [0.4, 0.5) is 10.5 Å². The van der Waals surface area contributed by atoms with Gasteiger partial charge in [0.05, 0.1) is 12.3 Å². The highest BCUT2D eigenvalue weighted by Gasteiger charge is 2.08. The van der Waals surface area contributed by atoms with E-state index in [-0.39, 0.29) is 5.75 Å². The Morgan fingerprint density at radius 2 is 2.38 bits per heavy atom. The number of aromatic hydroxyl groups is 1. The molecule has 5 heteroatoms. The molecular weight excluding hydrogens is 226 g/mol. The zero-order valence-electron chi connectivity index (χ0n) is 8.69. The highest BCUT2D eigenvalue weighted by atomic mass is 32.1. The van der Waals surface area contributed by atoms with Crippen LogP contribution in [-0.2, 0) is 4.74 Å². The molecule has 0 bridgehead atoms. The van der Waals surface area contributed by atoms with E-state index in [0.29, 0.717) is 12.3 Å². The van der Waals surface area contributed by atoms with Gasteiger partial charge >= 0.3 is 6.09 Å². The average molecular weight is 237 g/mol. The van der Waals surface area contributed by atoms with Gasteiger partial charge in [-0.25, -0.2) is 4.79 Å². The van der Waals surface area contributed by atoms with Crippen LogP contribution in [0.2, 0.25) is 0 Å². The normalized spacial score (nSPS) is 10.3. The van der Waals surface area contributed by atoms with E-state index >= 15 is 0 Å². The summed E-state index contributed by atoms with van der Waals surface area (Å²) in [7, 11) is 0. The van der Waals surface area contributed by atoms with E-state index in [9.17, 15) is 9.90 Å². The molecule has 0 aliphatic heterocycles. The quantitative estimate of drug-likeness (QED) is 0.843. The number of phenolic OH excluding ortho intramolecular Hbond substituents is 1. The number of phenols is 1. The molecule has 0 saturated heterocycles. The van der Waals surface area contributed by atoms with E-state index in [0.717, 1.165) is 10.1 Å². The Bertz CT molecular complexity index is 521. The maximum atomic E-state index is 11.2. The first-order valence-corrected chi connectivity index (χ1v) is 5.72. The zero-order valence-corrected chi connectivity index (χ0v) is 9.50. The third-order valence-corrected chi connectivity index (χ3v) is 3.02. The standard InChI is InChI=1S/C11H11NO3S/c1-2-15-11(14)12-9-6-16-10-5-7(13)3-4-8(9)10/h3-6,13H,2H2,1H3,(H,12,14). The average Bonchev–Trinajstić information content (AvgIpc) is 2.61. The first-order chi connectivity index (χ1) is 7.70. The molecule has 0 saturated carbocycles. The van der Waals surface area contributed by atoms with Gasteiger partial charge < -0.3 is 9.84 Å². The Kier molecular flexibility index (Phi) is 2.96. The second-order valence-electron chi connectivity index (χ2n) is 3.18. The number of fused-ring (bicyclic) bond motifs is 1. The summed E-state index contributed by atoms with van der Waals surface area (Å²) in [5.41, 5.74) is 0.707. The van der Waals surface area contributed by atoms with E-state index in [2.05, 4.69) is 5.32 Å². The Morgan fingerprint density at radius 3 is 3.12 bits per heavy atom. The number of carbonyl (C=O) groups is 1. The van der Waals surface area contributed by atoms with E-state index in [1.54, 1.807) is 25.1 Å². The fraction of sp³-hybridized carbons (Fsp3) is 0.182. The summed E-state index contributed by atoms with van der Waals surface area (Å²) in [6.07, 6.45) is -0.463. The van der Waals surface area contributed by atoms with Crippen LogP contribution in [0.15, 0.2) is 23.6 Å². The van der Waals surface area contributed by atoms with Crippen molar-refractivity contribution in [1.29, 1.82) is 0 Å². The van der Waals surface area contributed by atoms with Crippen LogP contribution in [0.3, 0.4) is 0 Å². The first-order valence-electron chi connectivity index (χ1n) is 4.84. The monoisotopic (exact) mass is 237 g/mol. The minimum atomic E-state index is -0.463. The zero-order chi connectivity index (χ0) is 11.5. The van der Waals surface area contributed by atoms with Crippen LogP contribution in [0, 0.1) is 0 Å². The molecule has 0 fully saturated rings. The van der Waals surface area contributed by atoms with E-state index in [1.807, 2.05) is 5.38 Å². The Balaban J connectivity index is 2.28. The minimum Gasteiger partial charge on any atom is -0.508 e. The predicted octanol–water partition coefficient (Wildman–Crippen LogP) is 3.18. The molecule has 1 heterocycles. The van der Waals surface area contributed by atoms with Crippen molar-refractivity contribution >= 4 is 33.2 Å². The van der Waals surface area contributed by atoms with Crippen molar-refractivity contribution in [2.75, 3.05) is 11.9 Å². The lowest BCUT2D eigenvalue weighted by Gasteiger charge is -2.03. The van der Waals surface area contributed by atoms with Crippen molar-refractivity contribution in [3.05, 3.63) is 23.6 Å². The largest absolute Gasteiger partial charge is 0.508 e. The van der Waals surface area contributed by atoms with E-state index < -0.39 is 6.09 Å². The van der Waals surface area contributed by atoms with E-state index in [1.165, 1.54) is 11.3 Å². The van der Waals surface area contributed by atoms with Gasteiger partial charge in [-0.3, -0.25) is 5.32 Å². The molecule has 2 aromatic rings. The fourth-order valence-corrected chi connectivity index (χ4v) is 2.32. The third-order valence-electron chi connectivity index (χ3n) is 2.07. The minimum absolute atomic E-state index is 0.219. The molecule has 0 spiro atoms. The van der Waals surface area contributed by atoms with E-state index in [4.69, 9.17) is 4.74 Å². The van der Waals surface area contributed by atoms with Crippen molar-refractivity contribution < 1.29 is 14.6 Å². The maximum absolute atomic E-state index is 11.2. The van der Waals surface area contributed by atoms with Gasteiger partial charge in [-0.05, 0) is 25.1 Å². The first kappa shape index (κ1) is 10.8. The van der Waals surface area contributed by atoms with Gasteiger partial charge in [-0.15, -0.1) is 11.3 Å². The molecule has 0 atom stereocenters. The summed E-state index contributed by atoms with van der Waals surface area (Å²) in [5.74, 6) is 0.219. The number of nitrogens with one attached hydrogen (secondary N) is 1. The fourth-order valence-electron chi connectivity index (χ4n) is 1.39. The summed E-state index contributed by atoms with van der Waals surface area (Å²) >= 11 is 1.46. The summed E-state index contributed by atoms with van der Waals surface area (Å²) < 4.78 is 5.72. The van der Waals surface area contributed by atoms with Gasteiger partial charge in [-0.2, -0.15) is 0 Å². The Morgan fingerprint density at radius 1 is 1.56 bits per heavy atom. The van der Waals surface area contributed by atoms with Crippen molar-refractivity contribution in [2.24, 2.45) is 0 Å². The molecule has 2 rings (SSSR count). The van der Waals surface area contributed by atoms with Crippen molar-refractivity contribution in [1.82, 2.24) is 0 Å². The molecule has 0 aliphatic carbocycles. The predicted molar refractivity (Wildman–Crippen MR) is 64.1 cm³/mol. The Hall–Kier alpha value is -1.75. The molecule has 84 valence electrons. The number of anilines is 1. The number of rotatable bonds is 2. The summed E-state index contributed by atoms with van der Waals surface area (Å²) in [6.45, 7) is 2.10. The number of amides is 1. The van der Waals surface area contributed by atoms with Gasteiger partial charge in [0.2, 0.25) is 0 Å². The van der Waals surface area contributed by atoms with Crippen LogP contribution in [0.5, 0.6) is 5.75 Å². The SMILES string of the molecule is CCOC(=O)Nc1csc2cc(O)ccc12. The smallest absolute Gasteiger partial charge is 0.411 e. The second kappa shape index (κ2) is 4.40. The molecule has 2 N–H and O–H groups in total. The molecule has 0 radical (unpaired) electrons. The molecule has 4 nitrogen and oxygen atoms in total. The lowest BCUT2D eigenvalue weighted by atomic mass is 10.2. The van der Waals surface area contributed by atoms with Crippen LogP contribution in [-0.4, -0.2) is 17.8 Å². The number of hydrogen-bond acceptors (Lipinski definition) is 4. The van der Waals surface area contributed by atoms with Crippen molar-refractivity contribution in [3.8, 4) is 5.75 Å². The highest BCUT2D eigenvalue weighted by molar-refractivity contribution is 7.17. The maximum Gasteiger partial charge on any atom is 0.411 e. The van der Waals surface area contributed by atoms with Gasteiger partial charge in [0.15, 0.2) is 0 Å². The topological polar surface area (TPSA) is 58.6 Å². The van der Waals surface area contributed by atoms with Gasteiger partial charge in [0, 0.05) is 15.5 Å². The summed E-state index contributed by atoms with van der Waals surface area (Å²) in [6, 6.07) is 5.02. The molecule has 0 aliphatic rings. The third kappa shape index (κ3) is 2.09. The molecule has 1 amide bonds. The lowest BCUT2D eigenvalue weighted by molar-refractivity contribution is 0.168. The number of thiophene rings is 1. The summed E-state index contributed by atoms with van der Waals surface area (Å²) in [5, 5.41) is 14.7. The molecule has 0 unspecified atom stereocenters. The Labute approximate surface area is 96.5 Å². The van der Waals surface area contributed by atoms with Gasteiger partial charge in [0.1, 0.15) is 5.75 Å². The van der Waals surface area contributed by atoms with Crippen LogP contribution >= 0.6 is 11.3 Å². The van der Waals surface area contributed by atoms with Gasteiger partial charge in [-0.1, -0.05) is 0 Å². The highest BCUT2D eigenvalue weighted by Crippen LogP contribution is 2.32. The molecule has 1 aromatic carbocycles. The summed E-state index contributed by atoms with van der Waals surface area (Å²) in [4.78, 5) is 11.2.